The van der Waals surface area contributed by atoms with E-state index < -0.39 is 0 Å². The fraction of sp³-hybridized carbons (Fsp3) is 0.0400. The monoisotopic (exact) mass is 416 g/mol. The van der Waals surface area contributed by atoms with Crippen LogP contribution in [0.1, 0.15) is 5.56 Å². The lowest BCUT2D eigenvalue weighted by Gasteiger charge is -2.09. The van der Waals surface area contributed by atoms with Gasteiger partial charge in [0.25, 0.3) is 0 Å². The van der Waals surface area contributed by atoms with Crippen LogP contribution in [0.5, 0.6) is 0 Å². The molecule has 0 saturated carbocycles. The summed E-state index contributed by atoms with van der Waals surface area (Å²) in [5, 5.41) is -0.112. The van der Waals surface area contributed by atoms with E-state index in [1.54, 1.807) is 0 Å². The SMILES string of the molecule is C=CC(=O)Sc1ccc(-c2ccc(-c3ccc(SC(=O)C=C)c(C)c3)cc2)cc1. The summed E-state index contributed by atoms with van der Waals surface area (Å²) in [6.45, 7) is 9.01. The van der Waals surface area contributed by atoms with Gasteiger partial charge in [-0.3, -0.25) is 9.59 Å². The zero-order chi connectivity index (χ0) is 20.8. The molecule has 3 aromatic carbocycles. The molecule has 29 heavy (non-hydrogen) atoms. The Morgan fingerprint density at radius 1 is 0.690 bits per heavy atom. The highest BCUT2D eigenvalue weighted by Gasteiger charge is 2.07. The number of rotatable bonds is 6. The van der Waals surface area contributed by atoms with Crippen molar-refractivity contribution in [3.05, 3.63) is 97.6 Å². The van der Waals surface area contributed by atoms with Crippen LogP contribution in [0.25, 0.3) is 22.3 Å². The van der Waals surface area contributed by atoms with Gasteiger partial charge in [-0.25, -0.2) is 0 Å². The van der Waals surface area contributed by atoms with Crippen LogP contribution in [0.15, 0.2) is 102 Å². The van der Waals surface area contributed by atoms with Gasteiger partial charge >= 0.3 is 0 Å². The number of aryl methyl sites for hydroxylation is 1. The third-order valence-electron chi connectivity index (χ3n) is 4.34. The highest BCUT2D eigenvalue weighted by Crippen LogP contribution is 2.30. The largest absolute Gasteiger partial charge is 0.282 e. The molecule has 0 aliphatic carbocycles. The van der Waals surface area contributed by atoms with Crippen molar-refractivity contribution >= 4 is 33.8 Å². The summed E-state index contributed by atoms with van der Waals surface area (Å²) in [5.41, 5.74) is 5.50. The minimum atomic E-state index is -0.0596. The summed E-state index contributed by atoms with van der Waals surface area (Å²) < 4.78 is 0. The molecule has 144 valence electrons. The van der Waals surface area contributed by atoms with Gasteiger partial charge in [-0.2, -0.15) is 0 Å². The molecular formula is C25H20O2S2. The molecule has 2 nitrogen and oxygen atoms in total. The van der Waals surface area contributed by atoms with Gasteiger partial charge in [0, 0.05) is 9.79 Å². The van der Waals surface area contributed by atoms with Crippen molar-refractivity contribution in [1.29, 1.82) is 0 Å². The topological polar surface area (TPSA) is 34.1 Å². The molecule has 0 aliphatic rings. The highest BCUT2D eigenvalue weighted by atomic mass is 32.2. The first-order chi connectivity index (χ1) is 14.0. The number of hydrogen-bond donors (Lipinski definition) is 0. The quantitative estimate of drug-likeness (QED) is 0.322. The van der Waals surface area contributed by atoms with Gasteiger partial charge in [-0.05, 0) is 88.6 Å². The van der Waals surface area contributed by atoms with Crippen molar-refractivity contribution in [3.8, 4) is 22.3 Å². The molecule has 0 aromatic heterocycles. The lowest BCUT2D eigenvalue weighted by molar-refractivity contribution is -0.107. The van der Waals surface area contributed by atoms with E-state index in [-0.39, 0.29) is 10.2 Å². The van der Waals surface area contributed by atoms with Crippen LogP contribution in [0.2, 0.25) is 0 Å². The number of benzene rings is 3. The van der Waals surface area contributed by atoms with Crippen LogP contribution < -0.4 is 0 Å². The van der Waals surface area contributed by atoms with Gasteiger partial charge in [0.15, 0.2) is 0 Å². The van der Waals surface area contributed by atoms with Crippen LogP contribution in [0.4, 0.5) is 0 Å². The summed E-state index contributed by atoms with van der Waals surface area (Å²) in [6, 6.07) is 22.4. The van der Waals surface area contributed by atoms with Gasteiger partial charge < -0.3 is 0 Å². The van der Waals surface area contributed by atoms with Crippen LogP contribution in [-0.2, 0) is 9.59 Å². The van der Waals surface area contributed by atoms with Gasteiger partial charge in [0.1, 0.15) is 0 Å². The van der Waals surface area contributed by atoms with E-state index in [0.29, 0.717) is 0 Å². The number of thioether (sulfide) groups is 2. The smallest absolute Gasteiger partial charge is 0.216 e. The minimum Gasteiger partial charge on any atom is -0.282 e. The molecule has 0 amide bonds. The maximum atomic E-state index is 11.6. The first-order valence-electron chi connectivity index (χ1n) is 9.00. The maximum Gasteiger partial charge on any atom is 0.216 e. The van der Waals surface area contributed by atoms with Crippen molar-refractivity contribution < 1.29 is 9.59 Å². The lowest BCUT2D eigenvalue weighted by Crippen LogP contribution is -1.88. The second-order valence-electron chi connectivity index (χ2n) is 6.33. The van der Waals surface area contributed by atoms with E-state index in [0.717, 1.165) is 37.6 Å². The molecule has 0 aliphatic heterocycles. The van der Waals surface area contributed by atoms with E-state index in [1.165, 1.54) is 35.7 Å². The molecule has 0 unspecified atom stereocenters. The molecule has 0 atom stereocenters. The predicted octanol–water partition coefficient (Wildman–Crippen LogP) is 6.94. The second-order valence-corrected chi connectivity index (χ2v) is 8.46. The molecule has 0 heterocycles. The van der Waals surface area contributed by atoms with Crippen molar-refractivity contribution in [2.75, 3.05) is 0 Å². The van der Waals surface area contributed by atoms with Gasteiger partial charge in [-0.15, -0.1) is 0 Å². The van der Waals surface area contributed by atoms with Crippen LogP contribution in [0, 0.1) is 6.92 Å². The standard InChI is InChI=1S/C25H20O2S2/c1-4-24(26)28-22-13-10-19(11-14-22)18-6-8-20(9-7-18)21-12-15-23(17(3)16-21)29-25(27)5-2/h4-16H,1-2H2,3H3. The zero-order valence-electron chi connectivity index (χ0n) is 16.1. The molecule has 3 rings (SSSR count). The normalized spacial score (nSPS) is 10.4. The molecule has 0 fully saturated rings. The van der Waals surface area contributed by atoms with E-state index in [2.05, 4.69) is 43.5 Å². The Bertz CT molecular complexity index is 1060. The Hall–Kier alpha value is -2.82. The predicted molar refractivity (Wildman–Crippen MR) is 124 cm³/mol. The summed E-state index contributed by atoms with van der Waals surface area (Å²) in [5.74, 6) is 0. The maximum absolute atomic E-state index is 11.6. The molecule has 3 aromatic rings. The third kappa shape index (κ3) is 5.37. The Kier molecular flexibility index (Phi) is 6.91. The fourth-order valence-corrected chi connectivity index (χ4v) is 4.07. The molecule has 0 spiro atoms. The molecule has 0 saturated heterocycles. The summed E-state index contributed by atoms with van der Waals surface area (Å²) in [7, 11) is 0. The third-order valence-corrected chi connectivity index (χ3v) is 6.26. The van der Waals surface area contributed by atoms with Gasteiger partial charge in [-0.1, -0.05) is 61.7 Å². The average Bonchev–Trinajstić information content (AvgIpc) is 2.75. The average molecular weight is 417 g/mol. The van der Waals surface area contributed by atoms with E-state index in [9.17, 15) is 9.59 Å². The Morgan fingerprint density at radius 2 is 1.14 bits per heavy atom. The van der Waals surface area contributed by atoms with Crippen LogP contribution in [-0.4, -0.2) is 10.2 Å². The van der Waals surface area contributed by atoms with Gasteiger partial charge in [0.05, 0.1) is 0 Å². The molecule has 0 bridgehead atoms. The summed E-state index contributed by atoms with van der Waals surface area (Å²) in [4.78, 5) is 24.9. The molecular weight excluding hydrogens is 396 g/mol. The van der Waals surface area contributed by atoms with Crippen molar-refractivity contribution in [1.82, 2.24) is 0 Å². The van der Waals surface area contributed by atoms with Crippen LogP contribution in [0.3, 0.4) is 0 Å². The van der Waals surface area contributed by atoms with E-state index in [1.807, 2.05) is 43.3 Å². The van der Waals surface area contributed by atoms with Crippen molar-refractivity contribution in [2.24, 2.45) is 0 Å². The Balaban J connectivity index is 1.77. The minimum absolute atomic E-state index is 0.0523. The number of hydrogen-bond acceptors (Lipinski definition) is 4. The zero-order valence-corrected chi connectivity index (χ0v) is 17.7. The molecule has 4 heteroatoms. The van der Waals surface area contributed by atoms with E-state index in [4.69, 9.17) is 0 Å². The summed E-state index contributed by atoms with van der Waals surface area (Å²) in [6.07, 6.45) is 2.65. The van der Waals surface area contributed by atoms with Crippen molar-refractivity contribution in [2.45, 2.75) is 16.7 Å². The number of carbonyl (C=O) groups is 2. The molecule has 0 radical (unpaired) electrons. The second kappa shape index (κ2) is 9.59. The Labute approximate surface area is 179 Å². The molecule has 0 N–H and O–H groups in total. The summed E-state index contributed by atoms with van der Waals surface area (Å²) >= 11 is 2.36. The van der Waals surface area contributed by atoms with Gasteiger partial charge in [0.2, 0.25) is 10.2 Å². The van der Waals surface area contributed by atoms with E-state index >= 15 is 0 Å². The first kappa shape index (κ1) is 20.9. The first-order valence-corrected chi connectivity index (χ1v) is 10.6. The Morgan fingerprint density at radius 3 is 1.66 bits per heavy atom. The fourth-order valence-electron chi connectivity index (χ4n) is 2.82. The lowest BCUT2D eigenvalue weighted by atomic mass is 9.99. The van der Waals surface area contributed by atoms with Crippen molar-refractivity contribution in [3.63, 3.8) is 0 Å². The van der Waals surface area contributed by atoms with Crippen LogP contribution >= 0.6 is 23.5 Å². The highest BCUT2D eigenvalue weighted by molar-refractivity contribution is 8.14. The number of carbonyl (C=O) groups excluding carboxylic acids is 2.